The summed E-state index contributed by atoms with van der Waals surface area (Å²) in [7, 11) is 0. The van der Waals surface area contributed by atoms with Crippen molar-refractivity contribution in [2.75, 3.05) is 0 Å². The van der Waals surface area contributed by atoms with Gasteiger partial charge < -0.3 is 0 Å². The van der Waals surface area contributed by atoms with E-state index in [-0.39, 0.29) is 10.6 Å². The van der Waals surface area contributed by atoms with Crippen LogP contribution < -0.4 is 0 Å². The molecule has 0 atom stereocenters. The van der Waals surface area contributed by atoms with Crippen LogP contribution in [-0.4, -0.2) is 9.91 Å². The number of nitro benzene ring substituents is 1. The van der Waals surface area contributed by atoms with Gasteiger partial charge in [-0.15, -0.1) is 11.3 Å². The van der Waals surface area contributed by atoms with Crippen molar-refractivity contribution in [3.8, 4) is 21.8 Å². The normalized spacial score (nSPS) is 10.9. The summed E-state index contributed by atoms with van der Waals surface area (Å²) in [6.45, 7) is 1.95. The van der Waals surface area contributed by atoms with Gasteiger partial charge in [0.1, 0.15) is 5.01 Å². The third kappa shape index (κ3) is 2.79. The quantitative estimate of drug-likeness (QED) is 0.345. The minimum Gasteiger partial charge on any atom is -0.258 e. The van der Waals surface area contributed by atoms with Crippen LogP contribution in [0.4, 0.5) is 5.69 Å². The lowest BCUT2D eigenvalue weighted by atomic mass is 10.0. The molecule has 0 aliphatic rings. The van der Waals surface area contributed by atoms with Crippen molar-refractivity contribution >= 4 is 27.8 Å². The number of non-ortho nitro benzene ring substituents is 1. The van der Waals surface area contributed by atoms with Gasteiger partial charge in [0, 0.05) is 22.6 Å². The second-order valence-corrected chi connectivity index (χ2v) is 6.70. The molecule has 0 aliphatic carbocycles. The molecule has 4 rings (SSSR count). The molecule has 0 unspecified atom stereocenters. The number of hydrogen-bond acceptors (Lipinski definition) is 4. The lowest BCUT2D eigenvalue weighted by Crippen LogP contribution is -1.91. The monoisotopic (exact) mass is 346 g/mol. The van der Waals surface area contributed by atoms with Crippen LogP contribution in [-0.2, 0) is 0 Å². The zero-order valence-electron chi connectivity index (χ0n) is 13.5. The van der Waals surface area contributed by atoms with Crippen molar-refractivity contribution in [2.45, 2.75) is 6.92 Å². The highest BCUT2D eigenvalue weighted by Gasteiger charge is 2.16. The van der Waals surface area contributed by atoms with Gasteiger partial charge in [-0.1, -0.05) is 42.5 Å². The second-order valence-electron chi connectivity index (χ2n) is 5.85. The fourth-order valence-electron chi connectivity index (χ4n) is 2.99. The molecule has 0 bridgehead atoms. The largest absolute Gasteiger partial charge is 0.277 e. The molecular weight excluding hydrogens is 332 g/mol. The first kappa shape index (κ1) is 15.5. The van der Waals surface area contributed by atoms with Crippen LogP contribution in [0.3, 0.4) is 0 Å². The summed E-state index contributed by atoms with van der Waals surface area (Å²) in [4.78, 5) is 15.8. The number of aromatic nitrogens is 1. The van der Waals surface area contributed by atoms with Crippen molar-refractivity contribution in [3.05, 3.63) is 81.7 Å². The van der Waals surface area contributed by atoms with Gasteiger partial charge >= 0.3 is 0 Å². The first-order valence-corrected chi connectivity index (χ1v) is 8.70. The highest BCUT2D eigenvalue weighted by molar-refractivity contribution is 7.13. The Bertz CT molecular complexity index is 1090. The average Bonchev–Trinajstić information content (AvgIpc) is 3.11. The molecule has 0 fully saturated rings. The molecule has 0 saturated heterocycles. The Kier molecular flexibility index (Phi) is 3.78. The smallest absolute Gasteiger partial charge is 0.258 e. The third-order valence-corrected chi connectivity index (χ3v) is 4.99. The molecule has 0 spiro atoms. The Morgan fingerprint density at radius 3 is 2.56 bits per heavy atom. The molecule has 0 radical (unpaired) electrons. The summed E-state index contributed by atoms with van der Waals surface area (Å²) in [5.41, 5.74) is 4.02. The van der Waals surface area contributed by atoms with Crippen LogP contribution in [0.2, 0.25) is 0 Å². The van der Waals surface area contributed by atoms with E-state index in [1.54, 1.807) is 23.5 Å². The van der Waals surface area contributed by atoms with E-state index in [9.17, 15) is 10.1 Å². The Hall–Kier alpha value is -3.05. The lowest BCUT2D eigenvalue weighted by molar-refractivity contribution is -0.383. The van der Waals surface area contributed by atoms with Gasteiger partial charge in [-0.2, -0.15) is 0 Å². The number of nitrogens with zero attached hydrogens (tertiary/aromatic N) is 2. The molecular formula is C20H14N2O2S. The Balaban J connectivity index is 1.92. The van der Waals surface area contributed by atoms with Gasteiger partial charge in [-0.3, -0.25) is 10.1 Å². The van der Waals surface area contributed by atoms with Crippen LogP contribution in [0.15, 0.2) is 66.0 Å². The van der Waals surface area contributed by atoms with Gasteiger partial charge in [0.05, 0.1) is 16.0 Å². The Morgan fingerprint density at radius 1 is 1.00 bits per heavy atom. The molecule has 25 heavy (non-hydrogen) atoms. The van der Waals surface area contributed by atoms with Crippen LogP contribution in [0.25, 0.3) is 32.6 Å². The van der Waals surface area contributed by atoms with E-state index in [1.807, 2.05) is 60.8 Å². The summed E-state index contributed by atoms with van der Waals surface area (Å²) < 4.78 is 0. The fraction of sp³-hybridized carbons (Fsp3) is 0.0500. The molecule has 5 heteroatoms. The van der Waals surface area contributed by atoms with Crippen LogP contribution in [0.5, 0.6) is 0 Å². The van der Waals surface area contributed by atoms with Gasteiger partial charge in [0.15, 0.2) is 0 Å². The zero-order valence-corrected chi connectivity index (χ0v) is 14.3. The number of benzene rings is 3. The lowest BCUT2D eigenvalue weighted by Gasteiger charge is -2.07. The molecule has 0 aliphatic heterocycles. The Labute approximate surface area is 148 Å². The number of aryl methyl sites for hydroxylation is 1. The maximum atomic E-state index is 11.4. The van der Waals surface area contributed by atoms with Crippen LogP contribution >= 0.6 is 11.3 Å². The van der Waals surface area contributed by atoms with Crippen molar-refractivity contribution < 1.29 is 4.92 Å². The SMILES string of the molecule is Cc1cc(-c2nc(-c3ccccc3)cs2)c2cccc([N+](=O)[O-])c2c1. The Morgan fingerprint density at radius 2 is 1.80 bits per heavy atom. The summed E-state index contributed by atoms with van der Waals surface area (Å²) in [6.07, 6.45) is 0. The summed E-state index contributed by atoms with van der Waals surface area (Å²) in [5, 5.41) is 15.8. The molecule has 0 amide bonds. The zero-order chi connectivity index (χ0) is 17.4. The summed E-state index contributed by atoms with van der Waals surface area (Å²) in [6, 6.07) is 19.1. The van der Waals surface area contributed by atoms with Crippen molar-refractivity contribution in [3.63, 3.8) is 0 Å². The van der Waals surface area contributed by atoms with Crippen LogP contribution in [0, 0.1) is 17.0 Å². The van der Waals surface area contributed by atoms with E-state index in [0.717, 1.165) is 32.8 Å². The van der Waals surface area contributed by atoms with E-state index >= 15 is 0 Å². The van der Waals surface area contributed by atoms with Crippen LogP contribution in [0.1, 0.15) is 5.56 Å². The number of nitro groups is 1. The number of hydrogen-bond donors (Lipinski definition) is 0. The van der Waals surface area contributed by atoms with E-state index in [1.165, 1.54) is 0 Å². The molecule has 1 aromatic heterocycles. The first-order valence-electron chi connectivity index (χ1n) is 7.82. The molecule has 122 valence electrons. The molecule has 4 aromatic rings. The standard InChI is InChI=1S/C20H14N2O2S/c1-13-10-16-15(8-5-9-19(16)22(23)24)17(11-13)20-21-18(12-25-20)14-6-3-2-4-7-14/h2-12H,1H3. The van der Waals surface area contributed by atoms with E-state index < -0.39 is 0 Å². The fourth-order valence-corrected chi connectivity index (χ4v) is 3.85. The number of fused-ring (bicyclic) bond motifs is 1. The number of thiazole rings is 1. The summed E-state index contributed by atoms with van der Waals surface area (Å²) in [5.74, 6) is 0. The first-order chi connectivity index (χ1) is 12.1. The predicted molar refractivity (Wildman–Crippen MR) is 102 cm³/mol. The van der Waals surface area contributed by atoms with Gasteiger partial charge in [-0.05, 0) is 30.0 Å². The van der Waals surface area contributed by atoms with Crippen molar-refractivity contribution in [1.29, 1.82) is 0 Å². The highest BCUT2D eigenvalue weighted by atomic mass is 32.1. The molecule has 1 heterocycles. The van der Waals surface area contributed by atoms with Gasteiger partial charge in [0.25, 0.3) is 5.69 Å². The minimum atomic E-state index is -0.331. The molecule has 3 aromatic carbocycles. The molecule has 0 saturated carbocycles. The highest BCUT2D eigenvalue weighted by Crippen LogP contribution is 2.37. The van der Waals surface area contributed by atoms with Crippen molar-refractivity contribution in [2.24, 2.45) is 0 Å². The van der Waals surface area contributed by atoms with E-state index in [0.29, 0.717) is 5.39 Å². The third-order valence-electron chi connectivity index (χ3n) is 4.12. The topological polar surface area (TPSA) is 56.0 Å². The average molecular weight is 346 g/mol. The maximum absolute atomic E-state index is 11.4. The number of rotatable bonds is 3. The second kappa shape index (κ2) is 6.11. The van der Waals surface area contributed by atoms with E-state index in [4.69, 9.17) is 4.98 Å². The summed E-state index contributed by atoms with van der Waals surface area (Å²) >= 11 is 1.55. The maximum Gasteiger partial charge on any atom is 0.277 e. The molecule has 0 N–H and O–H groups in total. The molecule has 4 nitrogen and oxygen atoms in total. The van der Waals surface area contributed by atoms with Crippen molar-refractivity contribution in [1.82, 2.24) is 4.98 Å². The van der Waals surface area contributed by atoms with Gasteiger partial charge in [-0.25, -0.2) is 4.98 Å². The van der Waals surface area contributed by atoms with Gasteiger partial charge in [0.2, 0.25) is 0 Å². The van der Waals surface area contributed by atoms with E-state index in [2.05, 4.69) is 0 Å². The minimum absolute atomic E-state index is 0.127. The predicted octanol–water partition coefficient (Wildman–Crippen LogP) is 5.85.